The standard InChI is InChI=1S/C15H20BrN3OS/c1-2-3-14(20)18-5-6-19-12(10-18)4-7-21-13-8-11(16)9-17-15(13)19/h8-9,12H,2-7,10H2,1H3/t12-/m1/s1. The molecule has 21 heavy (non-hydrogen) atoms. The quantitative estimate of drug-likeness (QED) is 0.802. The molecule has 1 aromatic heterocycles. The van der Waals surface area contributed by atoms with Crippen molar-refractivity contribution in [3.8, 4) is 0 Å². The Hall–Kier alpha value is -0.750. The third-order valence-corrected chi connectivity index (χ3v) is 5.56. The summed E-state index contributed by atoms with van der Waals surface area (Å²) in [5, 5.41) is 0. The number of amides is 1. The Kier molecular flexibility index (Phi) is 4.74. The van der Waals surface area contributed by atoms with E-state index in [0.717, 1.165) is 48.5 Å². The molecule has 0 spiro atoms. The van der Waals surface area contributed by atoms with Crippen molar-refractivity contribution in [1.29, 1.82) is 0 Å². The van der Waals surface area contributed by atoms with E-state index in [9.17, 15) is 4.79 Å². The highest BCUT2D eigenvalue weighted by molar-refractivity contribution is 9.10. The van der Waals surface area contributed by atoms with E-state index in [2.05, 4.69) is 38.8 Å². The predicted octanol–water partition coefficient (Wildman–Crippen LogP) is 3.16. The van der Waals surface area contributed by atoms with Gasteiger partial charge in [-0.25, -0.2) is 4.98 Å². The number of rotatable bonds is 2. The van der Waals surface area contributed by atoms with Gasteiger partial charge in [0.1, 0.15) is 5.82 Å². The molecular weight excluding hydrogens is 350 g/mol. The molecule has 0 saturated carbocycles. The first-order valence-corrected chi connectivity index (χ1v) is 9.29. The van der Waals surface area contributed by atoms with Crippen molar-refractivity contribution in [2.24, 2.45) is 0 Å². The number of piperazine rings is 1. The van der Waals surface area contributed by atoms with E-state index in [1.807, 2.05) is 22.9 Å². The fraction of sp³-hybridized carbons (Fsp3) is 0.600. The molecule has 1 amide bonds. The molecule has 2 aliphatic rings. The van der Waals surface area contributed by atoms with Crippen LogP contribution in [0.1, 0.15) is 26.2 Å². The number of carbonyl (C=O) groups is 1. The zero-order valence-electron chi connectivity index (χ0n) is 12.2. The SMILES string of the molecule is CCCC(=O)N1CCN2c3ncc(Br)cc3SCC[C@@H]2C1. The summed E-state index contributed by atoms with van der Waals surface area (Å²) in [7, 11) is 0. The van der Waals surface area contributed by atoms with E-state index in [-0.39, 0.29) is 0 Å². The second-order valence-electron chi connectivity index (χ2n) is 5.55. The van der Waals surface area contributed by atoms with Crippen LogP contribution in [0.2, 0.25) is 0 Å². The minimum absolute atomic E-state index is 0.304. The summed E-state index contributed by atoms with van der Waals surface area (Å²) in [5.41, 5.74) is 0. The Morgan fingerprint density at radius 1 is 1.52 bits per heavy atom. The average Bonchev–Trinajstić information content (AvgIpc) is 2.65. The van der Waals surface area contributed by atoms with Gasteiger partial charge in [-0.2, -0.15) is 0 Å². The number of anilines is 1. The fourth-order valence-corrected chi connectivity index (χ4v) is 4.62. The van der Waals surface area contributed by atoms with Crippen molar-refractivity contribution < 1.29 is 4.79 Å². The third-order valence-electron chi connectivity index (χ3n) is 4.08. The molecule has 2 aliphatic heterocycles. The molecule has 114 valence electrons. The molecule has 1 atom stereocenters. The number of pyridine rings is 1. The van der Waals surface area contributed by atoms with Crippen molar-refractivity contribution in [3.63, 3.8) is 0 Å². The lowest BCUT2D eigenvalue weighted by Gasteiger charge is -2.41. The third kappa shape index (κ3) is 3.21. The Morgan fingerprint density at radius 3 is 3.19 bits per heavy atom. The normalized spacial score (nSPS) is 21.5. The molecule has 1 aromatic rings. The molecule has 0 aromatic carbocycles. The van der Waals surface area contributed by atoms with Gasteiger partial charge < -0.3 is 9.80 Å². The van der Waals surface area contributed by atoms with Gasteiger partial charge in [-0.05, 0) is 34.8 Å². The van der Waals surface area contributed by atoms with Crippen molar-refractivity contribution >= 4 is 39.4 Å². The fourth-order valence-electron chi connectivity index (χ4n) is 3.02. The summed E-state index contributed by atoms with van der Waals surface area (Å²) < 4.78 is 1.03. The molecular formula is C15H20BrN3OS. The largest absolute Gasteiger partial charge is 0.349 e. The van der Waals surface area contributed by atoms with Crippen molar-refractivity contribution in [1.82, 2.24) is 9.88 Å². The lowest BCUT2D eigenvalue weighted by molar-refractivity contribution is -0.132. The zero-order valence-corrected chi connectivity index (χ0v) is 14.6. The molecule has 3 heterocycles. The minimum atomic E-state index is 0.304. The van der Waals surface area contributed by atoms with Gasteiger partial charge in [0.2, 0.25) is 5.91 Å². The van der Waals surface area contributed by atoms with Gasteiger partial charge in [-0.1, -0.05) is 6.92 Å². The lowest BCUT2D eigenvalue weighted by Crippen LogP contribution is -2.55. The van der Waals surface area contributed by atoms with Gasteiger partial charge >= 0.3 is 0 Å². The van der Waals surface area contributed by atoms with Crippen LogP contribution in [0.3, 0.4) is 0 Å². The first-order chi connectivity index (χ1) is 10.2. The van der Waals surface area contributed by atoms with E-state index < -0.39 is 0 Å². The van der Waals surface area contributed by atoms with Crippen LogP contribution in [0, 0.1) is 0 Å². The Morgan fingerprint density at radius 2 is 2.38 bits per heavy atom. The summed E-state index contributed by atoms with van der Waals surface area (Å²) in [4.78, 5) is 22.4. The van der Waals surface area contributed by atoms with Crippen LogP contribution in [0.25, 0.3) is 0 Å². The number of aromatic nitrogens is 1. The Bertz CT molecular complexity index is 540. The van der Waals surface area contributed by atoms with Crippen LogP contribution < -0.4 is 4.90 Å². The number of hydrogen-bond acceptors (Lipinski definition) is 4. The molecule has 3 rings (SSSR count). The van der Waals surface area contributed by atoms with Gasteiger partial charge in [0.15, 0.2) is 0 Å². The smallest absolute Gasteiger partial charge is 0.222 e. The highest BCUT2D eigenvalue weighted by Crippen LogP contribution is 2.37. The van der Waals surface area contributed by atoms with E-state index >= 15 is 0 Å². The number of nitrogens with zero attached hydrogens (tertiary/aromatic N) is 3. The van der Waals surface area contributed by atoms with Crippen LogP contribution >= 0.6 is 27.7 Å². The number of thioether (sulfide) groups is 1. The molecule has 1 fully saturated rings. The average molecular weight is 370 g/mol. The van der Waals surface area contributed by atoms with Crippen molar-refractivity contribution in [3.05, 3.63) is 16.7 Å². The first-order valence-electron chi connectivity index (χ1n) is 7.51. The molecule has 0 unspecified atom stereocenters. The topological polar surface area (TPSA) is 36.4 Å². The summed E-state index contributed by atoms with van der Waals surface area (Å²) in [6, 6.07) is 2.56. The summed E-state index contributed by atoms with van der Waals surface area (Å²) in [5.74, 6) is 2.48. The highest BCUT2D eigenvalue weighted by atomic mass is 79.9. The van der Waals surface area contributed by atoms with Gasteiger partial charge in [-0.15, -0.1) is 11.8 Å². The molecule has 0 bridgehead atoms. The Labute approximate surface area is 138 Å². The second-order valence-corrected chi connectivity index (χ2v) is 7.60. The van der Waals surface area contributed by atoms with Crippen LogP contribution in [0.15, 0.2) is 21.6 Å². The van der Waals surface area contributed by atoms with E-state index in [1.165, 1.54) is 4.90 Å². The van der Waals surface area contributed by atoms with E-state index in [1.54, 1.807) is 0 Å². The summed E-state index contributed by atoms with van der Waals surface area (Å²) in [6.45, 7) is 4.62. The van der Waals surface area contributed by atoms with Crippen LogP contribution in [-0.4, -0.2) is 47.2 Å². The first kappa shape index (κ1) is 15.2. The number of hydrogen-bond donors (Lipinski definition) is 0. The monoisotopic (exact) mass is 369 g/mol. The number of carbonyl (C=O) groups excluding carboxylic acids is 1. The van der Waals surface area contributed by atoms with Gasteiger partial charge in [-0.3, -0.25) is 4.79 Å². The number of fused-ring (bicyclic) bond motifs is 3. The molecule has 0 radical (unpaired) electrons. The molecule has 4 nitrogen and oxygen atoms in total. The summed E-state index contributed by atoms with van der Waals surface area (Å²) >= 11 is 5.37. The molecule has 1 saturated heterocycles. The maximum Gasteiger partial charge on any atom is 0.222 e. The highest BCUT2D eigenvalue weighted by Gasteiger charge is 2.32. The summed E-state index contributed by atoms with van der Waals surface area (Å²) in [6.07, 6.45) is 4.58. The maximum atomic E-state index is 12.1. The maximum absolute atomic E-state index is 12.1. The molecule has 6 heteroatoms. The van der Waals surface area contributed by atoms with Gasteiger partial charge in [0.05, 0.1) is 4.90 Å². The van der Waals surface area contributed by atoms with Crippen molar-refractivity contribution in [2.75, 3.05) is 30.3 Å². The lowest BCUT2D eigenvalue weighted by atomic mass is 10.1. The zero-order chi connectivity index (χ0) is 14.8. The van der Waals surface area contributed by atoms with Crippen LogP contribution in [0.4, 0.5) is 5.82 Å². The van der Waals surface area contributed by atoms with Gasteiger partial charge in [0, 0.05) is 48.5 Å². The molecule has 0 N–H and O–H groups in total. The molecule has 0 aliphatic carbocycles. The van der Waals surface area contributed by atoms with Crippen LogP contribution in [-0.2, 0) is 4.79 Å². The number of halogens is 1. The van der Waals surface area contributed by atoms with Gasteiger partial charge in [0.25, 0.3) is 0 Å². The Balaban J connectivity index is 1.79. The predicted molar refractivity (Wildman–Crippen MR) is 89.9 cm³/mol. The van der Waals surface area contributed by atoms with E-state index in [4.69, 9.17) is 0 Å². The van der Waals surface area contributed by atoms with E-state index in [0.29, 0.717) is 18.4 Å². The van der Waals surface area contributed by atoms with Crippen molar-refractivity contribution in [2.45, 2.75) is 37.1 Å². The van der Waals surface area contributed by atoms with Crippen LogP contribution in [0.5, 0.6) is 0 Å². The minimum Gasteiger partial charge on any atom is -0.349 e. The second kappa shape index (κ2) is 6.57.